The van der Waals surface area contributed by atoms with Crippen LogP contribution < -0.4 is 0 Å². The molecule has 6 rings (SSSR count). The summed E-state index contributed by atoms with van der Waals surface area (Å²) in [5, 5.41) is 20.9. The smallest absolute Gasteiger partial charge is 0.261 e. The van der Waals surface area contributed by atoms with E-state index < -0.39 is 0 Å². The number of hydrogen-bond donors (Lipinski definition) is 0. The first-order valence-electron chi connectivity index (χ1n) is 18.6. The SMILES string of the molecule is CCCCCCCCCCC(CCCCCCCC)CN1C(=O)c2ccc3c4c(ccc(c24)C1=O)-c1nc2c(C#N)ccc(C#N)c2nc1-3. The van der Waals surface area contributed by atoms with E-state index in [1.54, 1.807) is 12.1 Å². The van der Waals surface area contributed by atoms with E-state index in [-0.39, 0.29) is 11.8 Å². The standard InChI is InChI=1S/C42H47N5O2/c1-3-5-7-9-11-12-14-16-18-28(17-15-13-10-8-6-4-2)27-47-41(48)33-23-21-31-35-32(22-24-34(36(33)35)42(47)49)40-39(31)45-37-29(25-43)19-20-30(26-44)38(37)46-40/h19-24,28H,3-18,27H2,1-2H3. The van der Waals surface area contributed by atoms with Crippen LogP contribution in [0, 0.1) is 28.6 Å². The van der Waals surface area contributed by atoms with Gasteiger partial charge in [0.25, 0.3) is 11.8 Å². The fraction of sp³-hybridized carbons (Fsp3) is 0.476. The third-order valence-electron chi connectivity index (χ3n) is 10.6. The molecule has 0 spiro atoms. The molecule has 2 heterocycles. The fourth-order valence-corrected chi connectivity index (χ4v) is 7.85. The molecule has 1 aromatic heterocycles. The molecule has 0 saturated heterocycles. The Morgan fingerprint density at radius 3 is 1.39 bits per heavy atom. The highest BCUT2D eigenvalue weighted by Gasteiger charge is 2.38. The maximum Gasteiger partial charge on any atom is 0.261 e. The van der Waals surface area contributed by atoms with Crippen molar-refractivity contribution in [1.82, 2.24) is 14.9 Å². The van der Waals surface area contributed by atoms with Crippen molar-refractivity contribution in [3.05, 3.63) is 58.7 Å². The van der Waals surface area contributed by atoms with E-state index in [0.717, 1.165) is 42.2 Å². The van der Waals surface area contributed by atoms with Crippen LogP contribution in [-0.2, 0) is 0 Å². The van der Waals surface area contributed by atoms with E-state index in [1.807, 2.05) is 24.3 Å². The number of nitrogens with zero attached hydrogens (tertiary/aromatic N) is 5. The molecule has 2 aliphatic rings. The van der Waals surface area contributed by atoms with Crippen molar-refractivity contribution in [3.8, 4) is 34.7 Å². The first-order chi connectivity index (χ1) is 24.0. The zero-order valence-electron chi connectivity index (χ0n) is 29.1. The predicted octanol–water partition coefficient (Wildman–Crippen LogP) is 10.7. The minimum atomic E-state index is -0.231. The molecule has 49 heavy (non-hydrogen) atoms. The van der Waals surface area contributed by atoms with Gasteiger partial charge in [-0.05, 0) is 43.0 Å². The lowest BCUT2D eigenvalue weighted by atomic mass is 9.89. The number of amides is 2. The van der Waals surface area contributed by atoms with E-state index in [1.165, 1.54) is 81.9 Å². The van der Waals surface area contributed by atoms with Gasteiger partial charge < -0.3 is 0 Å². The van der Waals surface area contributed by atoms with Crippen LogP contribution in [0.4, 0.5) is 0 Å². The minimum Gasteiger partial charge on any atom is -0.274 e. The highest BCUT2D eigenvalue weighted by Crippen LogP contribution is 2.49. The van der Waals surface area contributed by atoms with Crippen LogP contribution in [0.1, 0.15) is 148 Å². The second-order valence-corrected chi connectivity index (χ2v) is 14.0. The number of carbonyl (C=O) groups is 2. The van der Waals surface area contributed by atoms with Gasteiger partial charge >= 0.3 is 0 Å². The van der Waals surface area contributed by atoms with Crippen LogP contribution in [0.5, 0.6) is 0 Å². The van der Waals surface area contributed by atoms with Crippen molar-refractivity contribution in [2.75, 3.05) is 6.54 Å². The van der Waals surface area contributed by atoms with Crippen molar-refractivity contribution in [1.29, 1.82) is 10.5 Å². The van der Waals surface area contributed by atoms with E-state index in [0.29, 0.717) is 62.5 Å². The van der Waals surface area contributed by atoms with Crippen LogP contribution in [0.15, 0.2) is 36.4 Å². The number of aromatic nitrogens is 2. The van der Waals surface area contributed by atoms with Crippen molar-refractivity contribution >= 4 is 33.6 Å². The number of fused-ring (bicyclic) bond motifs is 4. The van der Waals surface area contributed by atoms with Crippen LogP contribution >= 0.6 is 0 Å². The molecule has 7 nitrogen and oxygen atoms in total. The Labute approximate surface area is 290 Å². The highest BCUT2D eigenvalue weighted by atomic mass is 16.2. The molecule has 4 aromatic rings. The zero-order chi connectivity index (χ0) is 34.3. The summed E-state index contributed by atoms with van der Waals surface area (Å²) in [4.78, 5) is 39.6. The molecule has 0 bridgehead atoms. The zero-order valence-corrected chi connectivity index (χ0v) is 29.1. The van der Waals surface area contributed by atoms with Crippen LogP contribution in [-0.4, -0.2) is 33.2 Å². The summed E-state index contributed by atoms with van der Waals surface area (Å²) in [6.07, 6.45) is 19.6. The molecule has 1 aliphatic carbocycles. The number of nitriles is 2. The molecule has 1 unspecified atom stereocenters. The van der Waals surface area contributed by atoms with Gasteiger partial charge in [0, 0.05) is 39.6 Å². The van der Waals surface area contributed by atoms with Crippen LogP contribution in [0.3, 0.4) is 0 Å². The Hall–Kier alpha value is -4.62. The summed E-state index contributed by atoms with van der Waals surface area (Å²) in [6.45, 7) is 4.94. The molecule has 0 saturated carbocycles. The third-order valence-corrected chi connectivity index (χ3v) is 10.6. The lowest BCUT2D eigenvalue weighted by molar-refractivity contribution is 0.0577. The van der Waals surface area contributed by atoms with E-state index in [9.17, 15) is 20.1 Å². The lowest BCUT2D eigenvalue weighted by Gasteiger charge is -2.31. The van der Waals surface area contributed by atoms with Crippen molar-refractivity contribution < 1.29 is 9.59 Å². The van der Waals surface area contributed by atoms with Gasteiger partial charge in [0.1, 0.15) is 23.2 Å². The summed E-state index contributed by atoms with van der Waals surface area (Å²) < 4.78 is 0. The quantitative estimate of drug-likeness (QED) is 0.0687. The number of imide groups is 1. The monoisotopic (exact) mass is 653 g/mol. The summed E-state index contributed by atoms with van der Waals surface area (Å²) in [5.74, 6) is -0.171. The van der Waals surface area contributed by atoms with Gasteiger partial charge in [-0.2, -0.15) is 10.5 Å². The number of unbranched alkanes of at least 4 members (excludes halogenated alkanes) is 12. The maximum atomic E-state index is 14.2. The van der Waals surface area contributed by atoms with Gasteiger partial charge in [-0.1, -0.05) is 116 Å². The fourth-order valence-electron chi connectivity index (χ4n) is 7.85. The Morgan fingerprint density at radius 2 is 0.959 bits per heavy atom. The Morgan fingerprint density at radius 1 is 0.571 bits per heavy atom. The minimum absolute atomic E-state index is 0.231. The normalized spacial score (nSPS) is 13.6. The van der Waals surface area contributed by atoms with Gasteiger partial charge in [-0.25, -0.2) is 9.97 Å². The molecule has 0 radical (unpaired) electrons. The third kappa shape index (κ3) is 6.82. The molecular formula is C42H47N5O2. The molecule has 3 aromatic carbocycles. The van der Waals surface area contributed by atoms with Crippen LogP contribution in [0.25, 0.3) is 44.3 Å². The van der Waals surface area contributed by atoms with Gasteiger partial charge in [0.05, 0.1) is 22.5 Å². The van der Waals surface area contributed by atoms with E-state index in [4.69, 9.17) is 9.97 Å². The largest absolute Gasteiger partial charge is 0.274 e. The van der Waals surface area contributed by atoms with Gasteiger partial charge in [0.15, 0.2) is 0 Å². The highest BCUT2D eigenvalue weighted by molar-refractivity contribution is 6.30. The average Bonchev–Trinajstić information content (AvgIpc) is 3.44. The predicted molar refractivity (Wildman–Crippen MR) is 195 cm³/mol. The van der Waals surface area contributed by atoms with Crippen LogP contribution in [0.2, 0.25) is 0 Å². The van der Waals surface area contributed by atoms with E-state index >= 15 is 0 Å². The molecule has 1 aliphatic heterocycles. The first kappa shape index (κ1) is 34.3. The number of carbonyl (C=O) groups excluding carboxylic acids is 2. The van der Waals surface area contributed by atoms with E-state index in [2.05, 4.69) is 26.0 Å². The summed E-state index contributed by atoms with van der Waals surface area (Å²) in [6, 6.07) is 15.0. The summed E-state index contributed by atoms with van der Waals surface area (Å²) >= 11 is 0. The van der Waals surface area contributed by atoms with Crippen molar-refractivity contribution in [3.63, 3.8) is 0 Å². The van der Waals surface area contributed by atoms with Gasteiger partial charge in [-0.3, -0.25) is 14.5 Å². The Kier molecular flexibility index (Phi) is 11.0. The topological polar surface area (TPSA) is 111 Å². The number of rotatable bonds is 18. The summed E-state index contributed by atoms with van der Waals surface area (Å²) in [7, 11) is 0. The Balaban J connectivity index is 1.25. The lowest BCUT2D eigenvalue weighted by Crippen LogP contribution is -2.43. The van der Waals surface area contributed by atoms with Gasteiger partial charge in [0.2, 0.25) is 0 Å². The van der Waals surface area contributed by atoms with Crippen molar-refractivity contribution in [2.24, 2.45) is 5.92 Å². The molecule has 2 amide bonds. The molecule has 0 N–H and O–H groups in total. The average molecular weight is 654 g/mol. The Bertz CT molecular complexity index is 1850. The number of benzene rings is 3. The molecule has 1 atom stereocenters. The van der Waals surface area contributed by atoms with Crippen molar-refractivity contribution in [2.45, 2.75) is 117 Å². The second-order valence-electron chi connectivity index (χ2n) is 14.0. The molecule has 7 heteroatoms. The molecule has 0 fully saturated rings. The van der Waals surface area contributed by atoms with Gasteiger partial charge in [-0.15, -0.1) is 0 Å². The molecule has 252 valence electrons. The second kappa shape index (κ2) is 15.7. The first-order valence-corrected chi connectivity index (χ1v) is 18.6. The number of hydrogen-bond acceptors (Lipinski definition) is 6. The summed E-state index contributed by atoms with van der Waals surface area (Å²) in [5.41, 5.74) is 5.30. The maximum absolute atomic E-state index is 14.2. The molecular weight excluding hydrogens is 606 g/mol.